The van der Waals surface area contributed by atoms with Crippen molar-refractivity contribution in [2.24, 2.45) is 5.92 Å². The summed E-state index contributed by atoms with van der Waals surface area (Å²) in [4.78, 5) is 4.55. The molecule has 0 radical (unpaired) electrons. The third-order valence-corrected chi connectivity index (χ3v) is 3.49. The highest BCUT2D eigenvalue weighted by atomic mass is 16.3. The van der Waals surface area contributed by atoms with Gasteiger partial charge in [-0.3, -0.25) is 0 Å². The van der Waals surface area contributed by atoms with Gasteiger partial charge in [-0.15, -0.1) is 0 Å². The largest absolute Gasteiger partial charge is 0.394 e. The number of nitrogens with zero attached hydrogens (tertiary/aromatic N) is 2. The van der Waals surface area contributed by atoms with Crippen molar-refractivity contribution in [2.75, 3.05) is 11.9 Å². The lowest BCUT2D eigenvalue weighted by atomic mass is 10.0. The maximum absolute atomic E-state index is 9.34. The molecule has 1 heterocycles. The van der Waals surface area contributed by atoms with Gasteiger partial charge in [-0.05, 0) is 36.8 Å². The molecule has 0 aromatic carbocycles. The summed E-state index contributed by atoms with van der Waals surface area (Å²) in [6.07, 6.45) is 3.12. The Morgan fingerprint density at radius 1 is 1.50 bits per heavy atom. The number of fused-ring (bicyclic) bond motifs is 1. The Kier molecular flexibility index (Phi) is 3.83. The number of hydrogen-bond acceptors (Lipinski definition) is 4. The Morgan fingerprint density at radius 2 is 2.28 bits per heavy atom. The maximum atomic E-state index is 9.34. The van der Waals surface area contributed by atoms with Gasteiger partial charge in [0.15, 0.2) is 0 Å². The second-order valence-corrected chi connectivity index (χ2v) is 5.13. The molecule has 1 aliphatic rings. The van der Waals surface area contributed by atoms with E-state index in [1.165, 1.54) is 5.56 Å². The first-order valence-electron chi connectivity index (χ1n) is 6.46. The number of aliphatic hydroxyl groups excluding tert-OH is 1. The summed E-state index contributed by atoms with van der Waals surface area (Å²) in [6.45, 7) is 4.11. The SMILES string of the molecule is CC(C)[C@@H](CO)Nc1nc2c(cc1C#N)CCC2. The maximum Gasteiger partial charge on any atom is 0.144 e. The smallest absolute Gasteiger partial charge is 0.144 e. The third kappa shape index (κ3) is 2.46. The van der Waals surface area contributed by atoms with Crippen LogP contribution in [0.1, 0.15) is 37.1 Å². The molecule has 0 spiro atoms. The van der Waals surface area contributed by atoms with Gasteiger partial charge >= 0.3 is 0 Å². The number of aryl methyl sites for hydroxylation is 2. The van der Waals surface area contributed by atoms with Crippen molar-refractivity contribution >= 4 is 5.82 Å². The highest BCUT2D eigenvalue weighted by Crippen LogP contribution is 2.25. The van der Waals surface area contributed by atoms with Gasteiger partial charge < -0.3 is 10.4 Å². The van der Waals surface area contributed by atoms with Gasteiger partial charge in [-0.1, -0.05) is 13.8 Å². The van der Waals surface area contributed by atoms with Crippen molar-refractivity contribution in [1.82, 2.24) is 4.98 Å². The first kappa shape index (κ1) is 12.8. The van der Waals surface area contributed by atoms with Crippen molar-refractivity contribution in [2.45, 2.75) is 39.2 Å². The molecule has 0 saturated heterocycles. The van der Waals surface area contributed by atoms with E-state index in [0.717, 1.165) is 25.0 Å². The van der Waals surface area contributed by atoms with Crippen LogP contribution in [0.15, 0.2) is 6.07 Å². The summed E-state index contributed by atoms with van der Waals surface area (Å²) in [7, 11) is 0. The number of pyridine rings is 1. The molecular formula is C14H19N3O. The molecule has 4 nitrogen and oxygen atoms in total. The van der Waals surface area contributed by atoms with E-state index < -0.39 is 0 Å². The minimum absolute atomic E-state index is 0.0430. The fraction of sp³-hybridized carbons (Fsp3) is 0.571. The fourth-order valence-corrected chi connectivity index (χ4v) is 2.27. The van der Waals surface area contributed by atoms with E-state index in [1.54, 1.807) is 0 Å². The van der Waals surface area contributed by atoms with Crippen molar-refractivity contribution in [3.8, 4) is 6.07 Å². The van der Waals surface area contributed by atoms with Crippen molar-refractivity contribution in [3.63, 3.8) is 0 Å². The molecule has 1 atom stereocenters. The van der Waals surface area contributed by atoms with Gasteiger partial charge in [0.25, 0.3) is 0 Å². The van der Waals surface area contributed by atoms with Crippen molar-refractivity contribution in [3.05, 3.63) is 22.9 Å². The summed E-state index contributed by atoms with van der Waals surface area (Å²) in [5.74, 6) is 0.905. The molecular weight excluding hydrogens is 226 g/mol. The minimum Gasteiger partial charge on any atom is -0.394 e. The van der Waals surface area contributed by atoms with Gasteiger partial charge in [-0.2, -0.15) is 5.26 Å². The number of nitrogens with one attached hydrogen (secondary N) is 1. The number of nitriles is 1. The van der Waals surface area contributed by atoms with Crippen molar-refractivity contribution in [1.29, 1.82) is 5.26 Å². The van der Waals surface area contributed by atoms with E-state index in [1.807, 2.05) is 19.9 Å². The van der Waals surface area contributed by atoms with Crippen LogP contribution in [-0.2, 0) is 12.8 Å². The van der Waals surface area contributed by atoms with Crippen LogP contribution in [-0.4, -0.2) is 22.7 Å². The van der Waals surface area contributed by atoms with E-state index in [0.29, 0.717) is 11.4 Å². The quantitative estimate of drug-likeness (QED) is 0.849. The summed E-state index contributed by atoms with van der Waals surface area (Å²) in [5, 5.41) is 21.7. The van der Waals surface area contributed by atoms with Crippen molar-refractivity contribution < 1.29 is 5.11 Å². The zero-order valence-electron chi connectivity index (χ0n) is 10.9. The molecule has 2 rings (SSSR count). The van der Waals surface area contributed by atoms with E-state index >= 15 is 0 Å². The van der Waals surface area contributed by atoms with Crippen LogP contribution < -0.4 is 5.32 Å². The van der Waals surface area contributed by atoms with E-state index in [-0.39, 0.29) is 18.6 Å². The molecule has 18 heavy (non-hydrogen) atoms. The van der Waals surface area contributed by atoms with E-state index in [4.69, 9.17) is 0 Å². The lowest BCUT2D eigenvalue weighted by molar-refractivity contribution is 0.249. The molecule has 0 saturated carbocycles. The highest BCUT2D eigenvalue weighted by molar-refractivity contribution is 5.55. The van der Waals surface area contributed by atoms with E-state index in [2.05, 4.69) is 16.4 Å². The fourth-order valence-electron chi connectivity index (χ4n) is 2.27. The number of aromatic nitrogens is 1. The molecule has 4 heteroatoms. The van der Waals surface area contributed by atoms with Crippen LogP contribution in [0.3, 0.4) is 0 Å². The molecule has 0 aliphatic heterocycles. The monoisotopic (exact) mass is 245 g/mol. The van der Waals surface area contributed by atoms with Gasteiger partial charge in [0, 0.05) is 5.69 Å². The van der Waals surface area contributed by atoms with Gasteiger partial charge in [-0.25, -0.2) is 4.98 Å². The van der Waals surface area contributed by atoms with Gasteiger partial charge in [0.1, 0.15) is 11.9 Å². The Balaban J connectivity index is 2.30. The summed E-state index contributed by atoms with van der Waals surface area (Å²) >= 11 is 0. The second kappa shape index (κ2) is 5.36. The lowest BCUT2D eigenvalue weighted by Gasteiger charge is -2.21. The summed E-state index contributed by atoms with van der Waals surface area (Å²) in [6, 6.07) is 4.06. The van der Waals surface area contributed by atoms with Crippen LogP contribution in [0.2, 0.25) is 0 Å². The number of hydrogen-bond donors (Lipinski definition) is 2. The Labute approximate surface area is 108 Å². The molecule has 0 fully saturated rings. The van der Waals surface area contributed by atoms with E-state index in [9.17, 15) is 10.4 Å². The zero-order chi connectivity index (χ0) is 13.1. The average Bonchev–Trinajstić information content (AvgIpc) is 2.81. The Bertz CT molecular complexity index is 477. The van der Waals surface area contributed by atoms with Gasteiger partial charge in [0.05, 0.1) is 18.2 Å². The molecule has 1 aromatic heterocycles. The molecule has 2 N–H and O–H groups in total. The number of aliphatic hydroxyl groups is 1. The molecule has 0 unspecified atom stereocenters. The first-order valence-corrected chi connectivity index (χ1v) is 6.46. The molecule has 96 valence electrons. The predicted octanol–water partition coefficient (Wildman–Crippen LogP) is 1.87. The van der Waals surface area contributed by atoms with Crippen LogP contribution in [0.25, 0.3) is 0 Å². The normalized spacial score (nSPS) is 15.3. The Hall–Kier alpha value is -1.60. The molecule has 0 amide bonds. The standard InChI is InChI=1S/C14H19N3O/c1-9(2)13(8-18)17-14-11(7-15)6-10-4-3-5-12(10)16-14/h6,9,13,18H,3-5,8H2,1-2H3,(H,16,17)/t13-/m1/s1. The summed E-state index contributed by atoms with van der Waals surface area (Å²) in [5.41, 5.74) is 2.87. The summed E-state index contributed by atoms with van der Waals surface area (Å²) < 4.78 is 0. The minimum atomic E-state index is -0.0657. The highest BCUT2D eigenvalue weighted by Gasteiger charge is 2.19. The number of anilines is 1. The first-order chi connectivity index (χ1) is 8.65. The Morgan fingerprint density at radius 3 is 2.89 bits per heavy atom. The zero-order valence-corrected chi connectivity index (χ0v) is 10.9. The number of rotatable bonds is 4. The van der Waals surface area contributed by atoms with Gasteiger partial charge in [0.2, 0.25) is 0 Å². The molecule has 1 aliphatic carbocycles. The predicted molar refractivity (Wildman–Crippen MR) is 70.3 cm³/mol. The molecule has 0 bridgehead atoms. The van der Waals surface area contributed by atoms with Crippen LogP contribution in [0.5, 0.6) is 0 Å². The van der Waals surface area contributed by atoms with Crippen LogP contribution in [0, 0.1) is 17.2 Å². The molecule has 1 aromatic rings. The second-order valence-electron chi connectivity index (χ2n) is 5.13. The average molecular weight is 245 g/mol. The van der Waals surface area contributed by atoms with Crippen LogP contribution >= 0.6 is 0 Å². The lowest BCUT2D eigenvalue weighted by Crippen LogP contribution is -2.30. The third-order valence-electron chi connectivity index (χ3n) is 3.49. The topological polar surface area (TPSA) is 68.9 Å². The van der Waals surface area contributed by atoms with Crippen LogP contribution in [0.4, 0.5) is 5.82 Å².